The highest BCUT2D eigenvalue weighted by molar-refractivity contribution is 5.56. The normalized spacial score (nSPS) is 13.6. The zero-order valence-electron chi connectivity index (χ0n) is 8.41. The maximum absolute atomic E-state index is 5.36. The Labute approximate surface area is 84.2 Å². The molecule has 0 unspecified atom stereocenters. The van der Waals surface area contributed by atoms with Crippen molar-refractivity contribution in [1.29, 1.82) is 0 Å². The molecule has 14 heavy (non-hydrogen) atoms. The van der Waals surface area contributed by atoms with Gasteiger partial charge in [-0.3, -0.25) is 0 Å². The van der Waals surface area contributed by atoms with E-state index < -0.39 is 0 Å². The maximum atomic E-state index is 5.36. The Morgan fingerprint density at radius 1 is 1.14 bits per heavy atom. The molecule has 0 saturated carbocycles. The number of allylic oxidation sites excluding steroid dienone is 2. The average molecular weight is 189 g/mol. The maximum Gasteiger partial charge on any atom is 0.164 e. The number of hydrogen-bond acceptors (Lipinski definition) is 2. The second kappa shape index (κ2) is 3.74. The molecule has 0 spiro atoms. The molecule has 2 nitrogen and oxygen atoms in total. The molecular weight excluding hydrogens is 176 g/mol. The summed E-state index contributed by atoms with van der Waals surface area (Å²) in [6.45, 7) is 0. The minimum atomic E-state index is 0.801. The third kappa shape index (κ3) is 1.37. The summed E-state index contributed by atoms with van der Waals surface area (Å²) in [7, 11) is 3.34. The van der Waals surface area contributed by atoms with E-state index in [1.54, 1.807) is 14.2 Å². The number of fused-ring (bicyclic) bond motifs is 1. The lowest BCUT2D eigenvalue weighted by atomic mass is 9.95. The van der Waals surface area contributed by atoms with E-state index in [4.69, 9.17) is 9.47 Å². The minimum Gasteiger partial charge on any atom is -0.493 e. The first-order valence-electron chi connectivity index (χ1n) is 4.60. The van der Waals surface area contributed by atoms with Crippen LogP contribution in [0.15, 0.2) is 24.3 Å². The summed E-state index contributed by atoms with van der Waals surface area (Å²) in [5.74, 6) is 1.65. The molecule has 73 valence electrons. The van der Waals surface area contributed by atoms with Crippen molar-refractivity contribution in [3.05, 3.63) is 41.8 Å². The van der Waals surface area contributed by atoms with Crippen LogP contribution in [0.25, 0.3) is 0 Å². The van der Waals surface area contributed by atoms with Gasteiger partial charge in [-0.25, -0.2) is 0 Å². The fourth-order valence-electron chi connectivity index (χ4n) is 1.73. The monoisotopic (exact) mass is 189 g/mol. The second-order valence-corrected chi connectivity index (χ2v) is 3.17. The van der Waals surface area contributed by atoms with E-state index in [1.807, 2.05) is 6.07 Å². The first-order valence-corrected chi connectivity index (χ1v) is 4.60. The lowest BCUT2D eigenvalue weighted by Gasteiger charge is -2.17. The van der Waals surface area contributed by atoms with Crippen LogP contribution < -0.4 is 9.47 Å². The minimum absolute atomic E-state index is 0.801. The molecule has 2 heteroatoms. The Balaban J connectivity index is 2.53. The highest BCUT2D eigenvalue weighted by atomic mass is 16.5. The van der Waals surface area contributed by atoms with Crippen molar-refractivity contribution >= 4 is 0 Å². The third-order valence-corrected chi connectivity index (χ3v) is 2.42. The standard InChI is InChI=1S/C12H13O2/c1-13-11-8-7-9-5-3-4-6-10(9)12(11)14-2/h3-5,7-8H,6H2,1-2H3. The van der Waals surface area contributed by atoms with E-state index >= 15 is 0 Å². The van der Waals surface area contributed by atoms with Crippen LogP contribution in [0.5, 0.6) is 11.5 Å². The van der Waals surface area contributed by atoms with Gasteiger partial charge in [0, 0.05) is 12.0 Å². The van der Waals surface area contributed by atoms with Crippen LogP contribution >= 0.6 is 0 Å². The molecule has 1 aliphatic carbocycles. The van der Waals surface area contributed by atoms with E-state index in [0.29, 0.717) is 0 Å². The summed E-state index contributed by atoms with van der Waals surface area (Å²) >= 11 is 0. The van der Waals surface area contributed by atoms with Crippen LogP contribution in [0, 0.1) is 6.42 Å². The number of methoxy groups -OCH3 is 2. The average Bonchev–Trinajstić information content (AvgIpc) is 2.27. The van der Waals surface area contributed by atoms with Crippen LogP contribution in [0.1, 0.15) is 11.1 Å². The van der Waals surface area contributed by atoms with E-state index in [-0.39, 0.29) is 0 Å². The number of benzene rings is 1. The van der Waals surface area contributed by atoms with Gasteiger partial charge in [-0.05, 0) is 18.1 Å². The van der Waals surface area contributed by atoms with Crippen LogP contribution in [0.3, 0.4) is 0 Å². The molecule has 1 aromatic rings. The Kier molecular flexibility index (Phi) is 2.44. The van der Waals surface area contributed by atoms with Crippen molar-refractivity contribution < 1.29 is 9.47 Å². The third-order valence-electron chi connectivity index (χ3n) is 2.42. The van der Waals surface area contributed by atoms with Gasteiger partial charge in [-0.1, -0.05) is 18.2 Å². The van der Waals surface area contributed by atoms with Gasteiger partial charge in [-0.2, -0.15) is 0 Å². The number of hydrogen-bond donors (Lipinski definition) is 0. The number of rotatable bonds is 2. The largest absolute Gasteiger partial charge is 0.493 e. The summed E-state index contributed by atoms with van der Waals surface area (Å²) in [6.07, 6.45) is 7.17. The summed E-state index contributed by atoms with van der Waals surface area (Å²) in [5, 5.41) is 0. The van der Waals surface area contributed by atoms with E-state index in [9.17, 15) is 0 Å². The van der Waals surface area contributed by atoms with E-state index in [0.717, 1.165) is 17.9 Å². The molecule has 2 rings (SSSR count). The van der Waals surface area contributed by atoms with Gasteiger partial charge >= 0.3 is 0 Å². The zero-order chi connectivity index (χ0) is 9.97. The smallest absolute Gasteiger partial charge is 0.164 e. The lowest BCUT2D eigenvalue weighted by Crippen LogP contribution is -2.01. The van der Waals surface area contributed by atoms with Crippen molar-refractivity contribution in [2.75, 3.05) is 14.2 Å². The van der Waals surface area contributed by atoms with E-state index in [2.05, 4.69) is 24.6 Å². The Morgan fingerprint density at radius 2 is 2.00 bits per heavy atom. The van der Waals surface area contributed by atoms with Crippen molar-refractivity contribution in [3.63, 3.8) is 0 Å². The zero-order valence-corrected chi connectivity index (χ0v) is 8.41. The van der Waals surface area contributed by atoms with Gasteiger partial charge in [0.2, 0.25) is 0 Å². The van der Waals surface area contributed by atoms with Gasteiger partial charge in [0.1, 0.15) is 0 Å². The first kappa shape index (κ1) is 9.13. The molecule has 1 aliphatic rings. The van der Waals surface area contributed by atoms with E-state index in [1.165, 1.54) is 11.1 Å². The summed E-state index contributed by atoms with van der Waals surface area (Å²) in [4.78, 5) is 0. The first-order chi connectivity index (χ1) is 6.86. The Bertz CT molecular complexity index is 367. The quantitative estimate of drug-likeness (QED) is 0.711. The Hall–Kier alpha value is -1.44. The van der Waals surface area contributed by atoms with Gasteiger partial charge in [0.25, 0.3) is 0 Å². The fraction of sp³-hybridized carbons (Fsp3) is 0.250. The van der Waals surface area contributed by atoms with Crippen molar-refractivity contribution in [2.45, 2.75) is 6.42 Å². The van der Waals surface area contributed by atoms with Crippen molar-refractivity contribution in [1.82, 2.24) is 0 Å². The van der Waals surface area contributed by atoms with Gasteiger partial charge in [0.05, 0.1) is 14.2 Å². The van der Waals surface area contributed by atoms with Gasteiger partial charge in [0.15, 0.2) is 11.5 Å². The molecular formula is C12H13O2. The number of ether oxygens (including phenoxy) is 2. The fourth-order valence-corrected chi connectivity index (χ4v) is 1.73. The molecule has 1 aromatic carbocycles. The second-order valence-electron chi connectivity index (χ2n) is 3.17. The molecule has 0 fully saturated rings. The van der Waals surface area contributed by atoms with Crippen LogP contribution in [0.2, 0.25) is 0 Å². The molecule has 0 amide bonds. The predicted octanol–water partition coefficient (Wildman–Crippen LogP) is 2.37. The van der Waals surface area contributed by atoms with Crippen molar-refractivity contribution in [3.8, 4) is 11.5 Å². The molecule has 0 N–H and O–H groups in total. The summed E-state index contributed by atoms with van der Waals surface area (Å²) < 4.78 is 10.6. The topological polar surface area (TPSA) is 18.5 Å². The van der Waals surface area contributed by atoms with Crippen LogP contribution in [-0.4, -0.2) is 14.2 Å². The molecule has 0 aromatic heterocycles. The van der Waals surface area contributed by atoms with Gasteiger partial charge < -0.3 is 9.47 Å². The molecule has 0 aliphatic heterocycles. The molecule has 0 saturated heterocycles. The van der Waals surface area contributed by atoms with Crippen LogP contribution in [-0.2, 0) is 6.42 Å². The molecule has 0 heterocycles. The Morgan fingerprint density at radius 3 is 2.71 bits per heavy atom. The van der Waals surface area contributed by atoms with Gasteiger partial charge in [-0.15, -0.1) is 0 Å². The lowest BCUT2D eigenvalue weighted by molar-refractivity contribution is 0.352. The van der Waals surface area contributed by atoms with Crippen LogP contribution in [0.4, 0.5) is 0 Å². The highest BCUT2D eigenvalue weighted by Crippen LogP contribution is 2.36. The molecule has 0 bridgehead atoms. The SMILES string of the molecule is COc1ccc2c(c1OC)CC=C[CH]2. The van der Waals surface area contributed by atoms with Crippen molar-refractivity contribution in [2.24, 2.45) is 0 Å². The summed E-state index contributed by atoms with van der Waals surface area (Å²) in [5.41, 5.74) is 2.42. The predicted molar refractivity (Wildman–Crippen MR) is 55.8 cm³/mol. The molecule has 0 atom stereocenters. The highest BCUT2D eigenvalue weighted by Gasteiger charge is 2.14. The summed E-state index contributed by atoms with van der Waals surface area (Å²) in [6, 6.07) is 3.99. The molecule has 1 radical (unpaired) electrons.